The first-order valence-electron chi connectivity index (χ1n) is 10.00. The lowest BCUT2D eigenvalue weighted by atomic mass is 9.94. The Hall–Kier alpha value is -2.88. The first-order chi connectivity index (χ1) is 14.9. The smallest absolute Gasteiger partial charge is 0.243 e. The Morgan fingerprint density at radius 1 is 1.16 bits per heavy atom. The van der Waals surface area contributed by atoms with E-state index in [1.807, 2.05) is 31.2 Å². The molecule has 31 heavy (non-hydrogen) atoms. The summed E-state index contributed by atoms with van der Waals surface area (Å²) in [6, 6.07) is 12.0. The summed E-state index contributed by atoms with van der Waals surface area (Å²) >= 11 is 0. The molecule has 9 heteroatoms. The third-order valence-electron chi connectivity index (χ3n) is 5.36. The zero-order valence-corrected chi connectivity index (χ0v) is 17.9. The fourth-order valence-corrected chi connectivity index (χ4v) is 4.94. The van der Waals surface area contributed by atoms with Gasteiger partial charge in [-0.1, -0.05) is 29.8 Å². The van der Waals surface area contributed by atoms with Crippen LogP contribution in [-0.2, 0) is 26.1 Å². The van der Waals surface area contributed by atoms with Crippen molar-refractivity contribution in [1.82, 2.24) is 9.62 Å². The van der Waals surface area contributed by atoms with Crippen LogP contribution in [-0.4, -0.2) is 56.9 Å². The number of ether oxygens (including phenoxy) is 1. The summed E-state index contributed by atoms with van der Waals surface area (Å²) in [6.45, 7) is 3.44. The van der Waals surface area contributed by atoms with Crippen LogP contribution >= 0.6 is 0 Å². The molecule has 4 rings (SSSR count). The molecule has 0 aromatic heterocycles. The lowest BCUT2D eigenvalue weighted by molar-refractivity contribution is -0.122. The van der Waals surface area contributed by atoms with E-state index in [9.17, 15) is 18.0 Å². The molecule has 1 atom stereocenters. The summed E-state index contributed by atoms with van der Waals surface area (Å²) < 4.78 is 32.4. The predicted octanol–water partition coefficient (Wildman–Crippen LogP) is 1.85. The molecule has 2 aliphatic heterocycles. The van der Waals surface area contributed by atoms with Crippen molar-refractivity contribution in [1.29, 1.82) is 0 Å². The molecule has 2 aromatic carbocycles. The molecular formula is C22H23N3O5S. The number of nitrogens with zero attached hydrogens (tertiary/aromatic N) is 2. The molecule has 8 nitrogen and oxygen atoms in total. The second kappa shape index (κ2) is 8.70. The second-order valence-corrected chi connectivity index (χ2v) is 9.46. The second-order valence-electron chi connectivity index (χ2n) is 7.52. The lowest BCUT2D eigenvalue weighted by Crippen LogP contribution is -2.40. The quantitative estimate of drug-likeness (QED) is 0.713. The zero-order chi connectivity index (χ0) is 22.0. The Morgan fingerprint density at radius 2 is 1.87 bits per heavy atom. The van der Waals surface area contributed by atoms with Crippen LogP contribution in [0, 0.1) is 12.8 Å². The van der Waals surface area contributed by atoms with Gasteiger partial charge in [-0.3, -0.25) is 14.6 Å². The van der Waals surface area contributed by atoms with Gasteiger partial charge in [0.15, 0.2) is 5.78 Å². The number of fused-ring (bicyclic) bond motifs is 1. The maximum absolute atomic E-state index is 13.0. The van der Waals surface area contributed by atoms with Gasteiger partial charge in [-0.2, -0.15) is 4.31 Å². The number of sulfonamides is 1. The van der Waals surface area contributed by atoms with Crippen molar-refractivity contribution in [2.75, 3.05) is 26.3 Å². The minimum absolute atomic E-state index is 0.0115. The van der Waals surface area contributed by atoms with Crippen molar-refractivity contribution in [2.45, 2.75) is 18.4 Å². The van der Waals surface area contributed by atoms with E-state index in [0.717, 1.165) is 11.1 Å². The van der Waals surface area contributed by atoms with Crippen molar-refractivity contribution in [3.63, 3.8) is 0 Å². The maximum Gasteiger partial charge on any atom is 0.243 e. The molecule has 1 fully saturated rings. The van der Waals surface area contributed by atoms with Gasteiger partial charge in [0, 0.05) is 31.4 Å². The molecule has 162 valence electrons. The summed E-state index contributed by atoms with van der Waals surface area (Å²) in [4.78, 5) is 29.8. The summed E-state index contributed by atoms with van der Waals surface area (Å²) in [6.07, 6.45) is 1.31. The SMILES string of the molecule is Cc1ccc(CNC(=O)C2C=Nc3ccc(S(=O)(=O)N4CCOCC4)cc3C2=O)cc1. The van der Waals surface area contributed by atoms with E-state index in [4.69, 9.17) is 4.74 Å². The molecule has 1 N–H and O–H groups in total. The molecule has 0 saturated carbocycles. The van der Waals surface area contributed by atoms with Gasteiger partial charge in [0.2, 0.25) is 15.9 Å². The topological polar surface area (TPSA) is 105 Å². The van der Waals surface area contributed by atoms with Gasteiger partial charge in [0.1, 0.15) is 5.92 Å². The van der Waals surface area contributed by atoms with Gasteiger partial charge in [-0.15, -0.1) is 0 Å². The van der Waals surface area contributed by atoms with E-state index in [-0.39, 0.29) is 30.1 Å². The molecule has 0 spiro atoms. The van der Waals surface area contributed by atoms with Gasteiger partial charge in [-0.05, 0) is 30.7 Å². The Morgan fingerprint density at radius 3 is 2.58 bits per heavy atom. The van der Waals surface area contributed by atoms with Gasteiger partial charge >= 0.3 is 0 Å². The van der Waals surface area contributed by atoms with Crippen molar-refractivity contribution in [2.24, 2.45) is 10.9 Å². The van der Waals surface area contributed by atoms with Crippen molar-refractivity contribution in [3.8, 4) is 0 Å². The standard InChI is InChI=1S/C22H23N3O5S/c1-15-2-4-16(5-3-15)13-24-22(27)19-14-23-20-7-6-17(12-18(20)21(19)26)31(28,29)25-8-10-30-11-9-25/h2-7,12,14,19H,8-11,13H2,1H3,(H,24,27). The van der Waals surface area contributed by atoms with Crippen LogP contribution in [0.15, 0.2) is 52.4 Å². The monoisotopic (exact) mass is 441 g/mol. The molecule has 1 unspecified atom stereocenters. The summed E-state index contributed by atoms with van der Waals surface area (Å²) in [5, 5.41) is 2.75. The van der Waals surface area contributed by atoms with Gasteiger partial charge < -0.3 is 10.1 Å². The molecule has 2 aliphatic rings. The van der Waals surface area contributed by atoms with Crippen molar-refractivity contribution >= 4 is 33.6 Å². The maximum atomic E-state index is 13.0. The number of hydrogen-bond acceptors (Lipinski definition) is 6. The van der Waals surface area contributed by atoms with Crippen LogP contribution < -0.4 is 5.32 Å². The van der Waals surface area contributed by atoms with Crippen LogP contribution in [0.3, 0.4) is 0 Å². The highest BCUT2D eigenvalue weighted by Crippen LogP contribution is 2.30. The Bertz CT molecular complexity index is 1140. The largest absolute Gasteiger partial charge is 0.379 e. The van der Waals surface area contributed by atoms with Crippen LogP contribution in [0.25, 0.3) is 0 Å². The average Bonchev–Trinajstić information content (AvgIpc) is 2.79. The normalized spacial score (nSPS) is 19.1. The number of carbonyl (C=O) groups excluding carboxylic acids is 2. The van der Waals surface area contributed by atoms with E-state index < -0.39 is 27.6 Å². The lowest BCUT2D eigenvalue weighted by Gasteiger charge is -2.26. The molecule has 1 saturated heterocycles. The van der Waals surface area contributed by atoms with Gasteiger partial charge in [0.05, 0.1) is 23.8 Å². The highest BCUT2D eigenvalue weighted by atomic mass is 32.2. The summed E-state index contributed by atoms with van der Waals surface area (Å²) in [7, 11) is -3.76. The molecule has 0 bridgehead atoms. The molecular weight excluding hydrogens is 418 g/mol. The Kier molecular flexibility index (Phi) is 5.99. The van der Waals surface area contributed by atoms with Crippen LogP contribution in [0.4, 0.5) is 5.69 Å². The zero-order valence-electron chi connectivity index (χ0n) is 17.1. The van der Waals surface area contributed by atoms with E-state index in [2.05, 4.69) is 10.3 Å². The number of aliphatic imine (C=N–C) groups is 1. The van der Waals surface area contributed by atoms with Crippen LogP contribution in [0.1, 0.15) is 21.5 Å². The third kappa shape index (κ3) is 4.43. The molecule has 0 radical (unpaired) electrons. The Balaban J connectivity index is 1.51. The summed E-state index contributed by atoms with van der Waals surface area (Å²) in [5.41, 5.74) is 2.52. The number of hydrogen-bond donors (Lipinski definition) is 1. The highest BCUT2D eigenvalue weighted by molar-refractivity contribution is 7.89. The highest BCUT2D eigenvalue weighted by Gasteiger charge is 2.33. The van der Waals surface area contributed by atoms with Gasteiger partial charge in [0.25, 0.3) is 0 Å². The fraction of sp³-hybridized carbons (Fsp3) is 0.318. The first kappa shape index (κ1) is 21.4. The average molecular weight is 442 g/mol. The number of rotatable bonds is 5. The molecule has 2 heterocycles. The van der Waals surface area contributed by atoms with Crippen LogP contribution in [0.5, 0.6) is 0 Å². The number of nitrogens with one attached hydrogen (secondary N) is 1. The number of amides is 1. The number of carbonyl (C=O) groups is 2. The molecule has 2 aromatic rings. The van der Waals surface area contributed by atoms with E-state index in [1.165, 1.54) is 28.7 Å². The van der Waals surface area contributed by atoms with Crippen molar-refractivity contribution < 1.29 is 22.7 Å². The fourth-order valence-electron chi connectivity index (χ4n) is 3.50. The molecule has 0 aliphatic carbocycles. The van der Waals surface area contributed by atoms with E-state index in [1.54, 1.807) is 0 Å². The minimum atomic E-state index is -3.76. The predicted molar refractivity (Wildman–Crippen MR) is 115 cm³/mol. The number of ketones is 1. The number of aryl methyl sites for hydroxylation is 1. The van der Waals surface area contributed by atoms with Gasteiger partial charge in [-0.25, -0.2) is 8.42 Å². The Labute approximate surface area is 181 Å². The van der Waals surface area contributed by atoms with E-state index in [0.29, 0.717) is 18.9 Å². The first-order valence-corrected chi connectivity index (χ1v) is 11.4. The van der Waals surface area contributed by atoms with Crippen LogP contribution in [0.2, 0.25) is 0 Å². The number of Topliss-reactive ketones (excluding diaryl/α,β-unsaturated/α-hetero) is 1. The summed E-state index contributed by atoms with van der Waals surface area (Å²) in [5.74, 6) is -2.04. The minimum Gasteiger partial charge on any atom is -0.379 e. The van der Waals surface area contributed by atoms with Crippen molar-refractivity contribution in [3.05, 3.63) is 59.2 Å². The third-order valence-corrected chi connectivity index (χ3v) is 7.25. The van der Waals surface area contributed by atoms with E-state index >= 15 is 0 Å². The molecule has 1 amide bonds. The number of morpholine rings is 1. The number of benzene rings is 2.